The van der Waals surface area contributed by atoms with E-state index in [1.807, 2.05) is 24.3 Å². The Kier molecular flexibility index (Phi) is 4.08. The van der Waals surface area contributed by atoms with Gasteiger partial charge in [0.2, 0.25) is 5.88 Å². The van der Waals surface area contributed by atoms with Crippen molar-refractivity contribution in [1.82, 2.24) is 5.16 Å². The van der Waals surface area contributed by atoms with E-state index in [1.54, 1.807) is 0 Å². The summed E-state index contributed by atoms with van der Waals surface area (Å²) in [7, 11) is 1.30. The average Bonchev–Trinajstić information content (AvgIpc) is 2.80. The van der Waals surface area contributed by atoms with Gasteiger partial charge >= 0.3 is 5.97 Å². The topological polar surface area (TPSA) is 78.3 Å². The number of anilines is 1. The summed E-state index contributed by atoms with van der Waals surface area (Å²) in [4.78, 5) is 11.7. The van der Waals surface area contributed by atoms with Crippen LogP contribution in [0.3, 0.4) is 0 Å². The fourth-order valence-corrected chi connectivity index (χ4v) is 2.07. The summed E-state index contributed by atoms with van der Waals surface area (Å²) in [6.45, 7) is 4.34. The smallest absolute Gasteiger partial charge is 0.345 e. The zero-order valence-electron chi connectivity index (χ0n) is 11.8. The van der Waals surface area contributed by atoms with Crippen LogP contribution in [0.25, 0.3) is 11.3 Å². The van der Waals surface area contributed by atoms with Crippen LogP contribution in [0.2, 0.25) is 0 Å². The first-order valence-electron chi connectivity index (χ1n) is 6.45. The Bertz CT molecular complexity index is 600. The maximum absolute atomic E-state index is 11.7. The van der Waals surface area contributed by atoms with Crippen molar-refractivity contribution in [2.75, 3.05) is 12.8 Å². The van der Waals surface area contributed by atoms with Gasteiger partial charge in [0.15, 0.2) is 5.56 Å². The Labute approximate surface area is 117 Å². The van der Waals surface area contributed by atoms with Crippen molar-refractivity contribution in [1.29, 1.82) is 0 Å². The van der Waals surface area contributed by atoms with Gasteiger partial charge in [0.25, 0.3) is 0 Å². The Morgan fingerprint density at radius 2 is 2.00 bits per heavy atom. The molecule has 0 atom stereocenters. The predicted octanol–water partition coefficient (Wildman–Crippen LogP) is 2.91. The van der Waals surface area contributed by atoms with E-state index in [4.69, 9.17) is 15.0 Å². The van der Waals surface area contributed by atoms with Gasteiger partial charge in [-0.15, -0.1) is 0 Å². The summed E-state index contributed by atoms with van der Waals surface area (Å²) in [5.74, 6) is 0.0114. The maximum Gasteiger partial charge on any atom is 0.345 e. The second-order valence-corrected chi connectivity index (χ2v) is 5.06. The van der Waals surface area contributed by atoms with E-state index in [9.17, 15) is 4.79 Å². The standard InChI is InChI=1S/C15H18N2O3/c1-9(2)8-10-4-6-11(7-5-10)13-12(15(18)19-3)14(16)20-17-13/h4-7,9H,8,16H2,1-3H3. The Morgan fingerprint density at radius 3 is 2.55 bits per heavy atom. The normalized spacial score (nSPS) is 10.8. The highest BCUT2D eigenvalue weighted by atomic mass is 16.5. The van der Waals surface area contributed by atoms with Crippen molar-refractivity contribution in [2.45, 2.75) is 20.3 Å². The van der Waals surface area contributed by atoms with E-state index in [2.05, 4.69) is 19.0 Å². The average molecular weight is 274 g/mol. The SMILES string of the molecule is COC(=O)c1c(-c2ccc(CC(C)C)cc2)noc1N. The van der Waals surface area contributed by atoms with Crippen molar-refractivity contribution in [3.63, 3.8) is 0 Å². The minimum absolute atomic E-state index is 0.0295. The largest absolute Gasteiger partial charge is 0.465 e. The summed E-state index contributed by atoms with van der Waals surface area (Å²) in [6, 6.07) is 7.84. The van der Waals surface area contributed by atoms with E-state index in [0.717, 1.165) is 12.0 Å². The molecule has 5 nitrogen and oxygen atoms in total. The molecule has 1 aromatic heterocycles. The molecule has 0 aliphatic carbocycles. The number of nitrogens with zero attached hydrogens (tertiary/aromatic N) is 1. The molecule has 0 aliphatic rings. The third-order valence-electron chi connectivity index (χ3n) is 2.98. The molecule has 5 heteroatoms. The van der Waals surface area contributed by atoms with Gasteiger partial charge in [-0.05, 0) is 17.9 Å². The number of nitrogen functional groups attached to an aromatic ring is 1. The monoisotopic (exact) mass is 274 g/mol. The molecule has 0 bridgehead atoms. The molecular formula is C15H18N2O3. The summed E-state index contributed by atoms with van der Waals surface area (Å²) in [5.41, 5.74) is 8.21. The van der Waals surface area contributed by atoms with Crippen LogP contribution in [0, 0.1) is 5.92 Å². The van der Waals surface area contributed by atoms with Crippen LogP contribution in [0.1, 0.15) is 29.8 Å². The van der Waals surface area contributed by atoms with E-state index in [1.165, 1.54) is 12.7 Å². The first-order valence-corrected chi connectivity index (χ1v) is 6.45. The molecule has 2 rings (SSSR count). The number of rotatable bonds is 4. The first kappa shape index (κ1) is 14.1. The van der Waals surface area contributed by atoms with Gasteiger partial charge in [-0.3, -0.25) is 0 Å². The zero-order chi connectivity index (χ0) is 14.7. The molecular weight excluding hydrogens is 256 g/mol. The number of carbonyl (C=O) groups excluding carboxylic acids is 1. The fraction of sp³-hybridized carbons (Fsp3) is 0.333. The van der Waals surface area contributed by atoms with E-state index in [-0.39, 0.29) is 11.4 Å². The van der Waals surface area contributed by atoms with Gasteiger partial charge in [-0.1, -0.05) is 43.3 Å². The highest BCUT2D eigenvalue weighted by Crippen LogP contribution is 2.28. The molecule has 20 heavy (non-hydrogen) atoms. The molecule has 0 radical (unpaired) electrons. The zero-order valence-corrected chi connectivity index (χ0v) is 11.8. The van der Waals surface area contributed by atoms with Crippen molar-refractivity contribution < 1.29 is 14.1 Å². The van der Waals surface area contributed by atoms with Crippen LogP contribution < -0.4 is 5.73 Å². The fourth-order valence-electron chi connectivity index (χ4n) is 2.07. The third-order valence-corrected chi connectivity index (χ3v) is 2.98. The maximum atomic E-state index is 11.7. The van der Waals surface area contributed by atoms with Crippen molar-refractivity contribution in [3.05, 3.63) is 35.4 Å². The highest BCUT2D eigenvalue weighted by molar-refractivity contribution is 6.00. The van der Waals surface area contributed by atoms with Gasteiger partial charge in [0.05, 0.1) is 7.11 Å². The lowest BCUT2D eigenvalue weighted by atomic mass is 10.00. The van der Waals surface area contributed by atoms with Crippen molar-refractivity contribution in [2.24, 2.45) is 5.92 Å². The molecule has 1 heterocycles. The van der Waals surface area contributed by atoms with Crippen molar-refractivity contribution in [3.8, 4) is 11.3 Å². The molecule has 0 fully saturated rings. The van der Waals surface area contributed by atoms with Crippen LogP contribution in [0.4, 0.5) is 5.88 Å². The van der Waals surface area contributed by atoms with Gasteiger partial charge in [-0.25, -0.2) is 4.79 Å². The number of aromatic nitrogens is 1. The van der Waals surface area contributed by atoms with Crippen LogP contribution in [-0.4, -0.2) is 18.2 Å². The molecule has 0 spiro atoms. The number of carbonyl (C=O) groups is 1. The predicted molar refractivity (Wildman–Crippen MR) is 76.2 cm³/mol. The van der Waals surface area contributed by atoms with Gasteiger partial charge in [0.1, 0.15) is 5.69 Å². The molecule has 0 amide bonds. The summed E-state index contributed by atoms with van der Waals surface area (Å²) in [5, 5.41) is 3.84. The number of ether oxygens (including phenoxy) is 1. The van der Waals surface area contributed by atoms with Crippen molar-refractivity contribution >= 4 is 11.9 Å². The molecule has 0 unspecified atom stereocenters. The third kappa shape index (κ3) is 2.82. The van der Waals surface area contributed by atoms with E-state index >= 15 is 0 Å². The number of benzene rings is 1. The minimum atomic E-state index is -0.551. The van der Waals surface area contributed by atoms with Gasteiger partial charge in [0, 0.05) is 5.56 Å². The molecule has 0 saturated carbocycles. The van der Waals surface area contributed by atoms with Crippen LogP contribution in [0.15, 0.2) is 28.8 Å². The van der Waals surface area contributed by atoms with Crippen LogP contribution >= 0.6 is 0 Å². The van der Waals surface area contributed by atoms with Crippen LogP contribution in [-0.2, 0) is 11.2 Å². The number of nitrogens with two attached hydrogens (primary N) is 1. The Balaban J connectivity index is 2.35. The van der Waals surface area contributed by atoms with E-state index in [0.29, 0.717) is 11.6 Å². The molecule has 1 aromatic carbocycles. The van der Waals surface area contributed by atoms with Gasteiger partial charge in [-0.2, -0.15) is 0 Å². The number of hydrogen-bond donors (Lipinski definition) is 1. The lowest BCUT2D eigenvalue weighted by Gasteiger charge is -2.06. The van der Waals surface area contributed by atoms with Gasteiger partial charge < -0.3 is 15.0 Å². The Hall–Kier alpha value is -2.30. The molecule has 0 saturated heterocycles. The Morgan fingerprint density at radius 1 is 1.35 bits per heavy atom. The highest BCUT2D eigenvalue weighted by Gasteiger charge is 2.22. The summed E-state index contributed by atoms with van der Waals surface area (Å²) >= 11 is 0. The second kappa shape index (κ2) is 5.77. The van der Waals surface area contributed by atoms with Crippen LogP contribution in [0.5, 0.6) is 0 Å². The number of hydrogen-bond acceptors (Lipinski definition) is 5. The molecule has 0 aliphatic heterocycles. The lowest BCUT2D eigenvalue weighted by molar-refractivity contribution is 0.0602. The summed E-state index contributed by atoms with van der Waals surface area (Å²) in [6.07, 6.45) is 1.01. The summed E-state index contributed by atoms with van der Waals surface area (Å²) < 4.78 is 9.59. The number of methoxy groups -OCH3 is 1. The first-order chi connectivity index (χ1) is 9.52. The molecule has 106 valence electrons. The van der Waals surface area contributed by atoms with E-state index < -0.39 is 5.97 Å². The second-order valence-electron chi connectivity index (χ2n) is 5.06. The lowest BCUT2D eigenvalue weighted by Crippen LogP contribution is -2.05. The quantitative estimate of drug-likeness (QED) is 0.867. The molecule has 2 aromatic rings. The molecule has 2 N–H and O–H groups in total. The minimum Gasteiger partial charge on any atom is -0.465 e. The number of esters is 1.